The minimum Gasteiger partial charge on any atom is -0.312 e. The molecule has 0 aliphatic heterocycles. The SMILES string of the molecule is CC(C)(CNCc1ccc(F)c(Br)c1)c1ccccc1. The van der Waals surface area contributed by atoms with Crippen molar-refractivity contribution in [2.45, 2.75) is 25.8 Å². The summed E-state index contributed by atoms with van der Waals surface area (Å²) in [5.74, 6) is -0.224. The van der Waals surface area contributed by atoms with Gasteiger partial charge in [0.1, 0.15) is 5.82 Å². The Labute approximate surface area is 128 Å². The first kappa shape index (κ1) is 15.2. The first-order valence-electron chi connectivity index (χ1n) is 6.69. The van der Waals surface area contributed by atoms with Crippen LogP contribution >= 0.6 is 15.9 Å². The van der Waals surface area contributed by atoms with Crippen molar-refractivity contribution < 1.29 is 4.39 Å². The van der Waals surface area contributed by atoms with Gasteiger partial charge in [-0.2, -0.15) is 0 Å². The Morgan fingerprint density at radius 3 is 2.45 bits per heavy atom. The van der Waals surface area contributed by atoms with E-state index in [-0.39, 0.29) is 11.2 Å². The molecule has 2 rings (SSSR count). The number of rotatable bonds is 5. The Morgan fingerprint density at radius 2 is 1.80 bits per heavy atom. The van der Waals surface area contributed by atoms with E-state index in [1.54, 1.807) is 0 Å². The summed E-state index contributed by atoms with van der Waals surface area (Å²) in [7, 11) is 0. The van der Waals surface area contributed by atoms with Gasteiger partial charge in [0.15, 0.2) is 0 Å². The predicted octanol–water partition coefficient (Wildman–Crippen LogP) is 4.66. The summed E-state index contributed by atoms with van der Waals surface area (Å²) in [4.78, 5) is 0. The highest BCUT2D eigenvalue weighted by Gasteiger charge is 2.19. The molecule has 0 saturated carbocycles. The van der Waals surface area contributed by atoms with Crippen LogP contribution in [0.4, 0.5) is 4.39 Å². The lowest BCUT2D eigenvalue weighted by atomic mass is 9.84. The van der Waals surface area contributed by atoms with Gasteiger partial charge in [0.25, 0.3) is 0 Å². The zero-order valence-electron chi connectivity index (χ0n) is 11.8. The highest BCUT2D eigenvalue weighted by atomic mass is 79.9. The average Bonchev–Trinajstić information content (AvgIpc) is 2.44. The molecule has 0 fully saturated rings. The first-order valence-corrected chi connectivity index (χ1v) is 7.48. The van der Waals surface area contributed by atoms with Crippen LogP contribution in [0.15, 0.2) is 53.0 Å². The normalized spacial score (nSPS) is 11.6. The molecule has 0 amide bonds. The van der Waals surface area contributed by atoms with Crippen molar-refractivity contribution in [1.82, 2.24) is 5.32 Å². The first-order chi connectivity index (χ1) is 9.49. The molecular formula is C17H19BrFN. The maximum Gasteiger partial charge on any atom is 0.137 e. The van der Waals surface area contributed by atoms with Crippen LogP contribution in [0.3, 0.4) is 0 Å². The lowest BCUT2D eigenvalue weighted by molar-refractivity contribution is 0.468. The lowest BCUT2D eigenvalue weighted by Crippen LogP contribution is -2.32. The second kappa shape index (κ2) is 6.51. The van der Waals surface area contributed by atoms with Gasteiger partial charge in [-0.1, -0.05) is 50.2 Å². The van der Waals surface area contributed by atoms with E-state index in [0.717, 1.165) is 18.7 Å². The van der Waals surface area contributed by atoms with Gasteiger partial charge in [0.2, 0.25) is 0 Å². The van der Waals surface area contributed by atoms with E-state index in [2.05, 4.69) is 59.4 Å². The van der Waals surface area contributed by atoms with Gasteiger partial charge >= 0.3 is 0 Å². The van der Waals surface area contributed by atoms with Crippen molar-refractivity contribution in [3.8, 4) is 0 Å². The van der Waals surface area contributed by atoms with Gasteiger partial charge in [0.05, 0.1) is 4.47 Å². The number of halogens is 2. The van der Waals surface area contributed by atoms with E-state index in [4.69, 9.17) is 0 Å². The molecule has 0 atom stereocenters. The molecule has 20 heavy (non-hydrogen) atoms. The molecule has 1 N–H and O–H groups in total. The number of benzene rings is 2. The molecule has 0 aromatic heterocycles. The van der Waals surface area contributed by atoms with Crippen molar-refractivity contribution in [2.75, 3.05) is 6.54 Å². The molecule has 3 heteroatoms. The Bertz CT molecular complexity index is 566. The third-order valence-electron chi connectivity index (χ3n) is 3.44. The summed E-state index contributed by atoms with van der Waals surface area (Å²) >= 11 is 3.21. The lowest BCUT2D eigenvalue weighted by Gasteiger charge is -2.25. The molecule has 0 bridgehead atoms. The molecule has 0 unspecified atom stereocenters. The van der Waals surface area contributed by atoms with E-state index >= 15 is 0 Å². The summed E-state index contributed by atoms with van der Waals surface area (Å²) in [6, 6.07) is 15.6. The molecule has 2 aromatic carbocycles. The maximum absolute atomic E-state index is 13.2. The summed E-state index contributed by atoms with van der Waals surface area (Å²) in [5, 5.41) is 3.44. The zero-order chi connectivity index (χ0) is 14.6. The molecular weight excluding hydrogens is 317 g/mol. The molecule has 106 valence electrons. The van der Waals surface area contributed by atoms with Gasteiger partial charge in [-0.25, -0.2) is 4.39 Å². The Balaban J connectivity index is 1.93. The fourth-order valence-electron chi connectivity index (χ4n) is 2.16. The van der Waals surface area contributed by atoms with Crippen molar-refractivity contribution in [1.29, 1.82) is 0 Å². The fraction of sp³-hybridized carbons (Fsp3) is 0.294. The number of hydrogen-bond acceptors (Lipinski definition) is 1. The van der Waals surface area contributed by atoms with E-state index < -0.39 is 0 Å². The van der Waals surface area contributed by atoms with Gasteiger partial charge < -0.3 is 5.32 Å². The Kier molecular flexibility index (Phi) is 4.95. The summed E-state index contributed by atoms with van der Waals surface area (Å²) in [5.41, 5.74) is 2.45. The number of hydrogen-bond donors (Lipinski definition) is 1. The van der Waals surface area contributed by atoms with Crippen LogP contribution < -0.4 is 5.32 Å². The summed E-state index contributed by atoms with van der Waals surface area (Å²) in [6.07, 6.45) is 0. The standard InChI is InChI=1S/C17H19BrFN/c1-17(2,14-6-4-3-5-7-14)12-20-11-13-8-9-16(19)15(18)10-13/h3-10,20H,11-12H2,1-2H3. The van der Waals surface area contributed by atoms with E-state index in [1.807, 2.05) is 18.2 Å². The van der Waals surface area contributed by atoms with Crippen LogP contribution in [0, 0.1) is 5.82 Å². The average molecular weight is 336 g/mol. The van der Waals surface area contributed by atoms with Gasteiger partial charge in [-0.05, 0) is 39.2 Å². The number of nitrogens with one attached hydrogen (secondary N) is 1. The Morgan fingerprint density at radius 1 is 1.10 bits per heavy atom. The van der Waals surface area contributed by atoms with Crippen molar-refractivity contribution in [3.63, 3.8) is 0 Å². The van der Waals surface area contributed by atoms with Gasteiger partial charge in [0, 0.05) is 18.5 Å². The second-order valence-electron chi connectivity index (χ2n) is 5.60. The van der Waals surface area contributed by atoms with E-state index in [9.17, 15) is 4.39 Å². The van der Waals surface area contributed by atoms with Crippen LogP contribution in [0.1, 0.15) is 25.0 Å². The molecule has 0 aliphatic rings. The smallest absolute Gasteiger partial charge is 0.137 e. The summed E-state index contributed by atoms with van der Waals surface area (Å²) < 4.78 is 13.7. The van der Waals surface area contributed by atoms with Crippen molar-refractivity contribution in [3.05, 3.63) is 69.9 Å². The van der Waals surface area contributed by atoms with E-state index in [0.29, 0.717) is 4.47 Å². The molecule has 1 nitrogen and oxygen atoms in total. The molecule has 0 aliphatic carbocycles. The topological polar surface area (TPSA) is 12.0 Å². The quantitative estimate of drug-likeness (QED) is 0.838. The van der Waals surface area contributed by atoms with Crippen molar-refractivity contribution >= 4 is 15.9 Å². The zero-order valence-corrected chi connectivity index (χ0v) is 13.4. The van der Waals surface area contributed by atoms with Crippen LogP contribution in [-0.2, 0) is 12.0 Å². The highest BCUT2D eigenvalue weighted by Crippen LogP contribution is 2.22. The highest BCUT2D eigenvalue weighted by molar-refractivity contribution is 9.10. The van der Waals surface area contributed by atoms with Crippen LogP contribution in [0.25, 0.3) is 0 Å². The maximum atomic E-state index is 13.2. The van der Waals surface area contributed by atoms with Crippen LogP contribution in [0.2, 0.25) is 0 Å². The molecule has 0 heterocycles. The third kappa shape index (κ3) is 3.90. The molecule has 2 aromatic rings. The Hall–Kier alpha value is -1.19. The van der Waals surface area contributed by atoms with Crippen LogP contribution in [0.5, 0.6) is 0 Å². The van der Waals surface area contributed by atoms with Gasteiger partial charge in [-0.3, -0.25) is 0 Å². The summed E-state index contributed by atoms with van der Waals surface area (Å²) in [6.45, 7) is 6.03. The third-order valence-corrected chi connectivity index (χ3v) is 4.04. The minimum absolute atomic E-state index is 0.0680. The second-order valence-corrected chi connectivity index (χ2v) is 6.46. The van der Waals surface area contributed by atoms with Crippen molar-refractivity contribution in [2.24, 2.45) is 0 Å². The fourth-order valence-corrected chi connectivity index (χ4v) is 2.59. The largest absolute Gasteiger partial charge is 0.312 e. The molecule has 0 radical (unpaired) electrons. The minimum atomic E-state index is -0.224. The molecule has 0 spiro atoms. The molecule has 0 saturated heterocycles. The monoisotopic (exact) mass is 335 g/mol. The van der Waals surface area contributed by atoms with Gasteiger partial charge in [-0.15, -0.1) is 0 Å². The van der Waals surface area contributed by atoms with E-state index in [1.165, 1.54) is 11.6 Å². The van der Waals surface area contributed by atoms with Crippen LogP contribution in [-0.4, -0.2) is 6.54 Å². The predicted molar refractivity (Wildman–Crippen MR) is 85.3 cm³/mol.